The fraction of sp³-hybridized carbons (Fsp3) is 0.556. The van der Waals surface area contributed by atoms with Crippen molar-refractivity contribution in [3.05, 3.63) is 28.8 Å². The number of carbonyl (C=O) groups is 2. The number of carbonyl (C=O) groups excluding carboxylic acids is 2. The molecule has 1 aromatic carbocycles. The molecule has 1 saturated heterocycles. The first-order valence-corrected chi connectivity index (χ1v) is 9.03. The Labute approximate surface area is 165 Å². The fourth-order valence-electron chi connectivity index (χ4n) is 3.00. The number of hydrogen-bond acceptors (Lipinski definition) is 4. The minimum absolute atomic E-state index is 0. The summed E-state index contributed by atoms with van der Waals surface area (Å²) in [5.74, 6) is -0.243. The van der Waals surface area contributed by atoms with Crippen molar-refractivity contribution in [3.63, 3.8) is 0 Å². The summed E-state index contributed by atoms with van der Waals surface area (Å²) in [6, 6.07) is 4.96. The maximum absolute atomic E-state index is 12.7. The van der Waals surface area contributed by atoms with E-state index in [0.29, 0.717) is 55.4 Å². The molecule has 0 radical (unpaired) electrons. The number of nitrogens with one attached hydrogen (secondary N) is 1. The number of hydrogen-bond donors (Lipinski definition) is 2. The number of anilines is 1. The predicted octanol–water partition coefficient (Wildman–Crippen LogP) is 2.94. The summed E-state index contributed by atoms with van der Waals surface area (Å²) in [6.07, 6.45) is 1.20. The van der Waals surface area contributed by atoms with Crippen LogP contribution in [0.4, 0.5) is 5.69 Å². The monoisotopic (exact) mass is 403 g/mol. The topological polar surface area (TPSA) is 84.7 Å². The number of nitrogens with two attached hydrogens (primary N) is 1. The third-order valence-corrected chi connectivity index (χ3v) is 5.14. The molecule has 0 saturated carbocycles. The minimum atomic E-state index is -0.611. The molecular weight excluding hydrogens is 377 g/mol. The Kier molecular flexibility index (Phi) is 8.83. The number of rotatable bonds is 6. The molecule has 1 aliphatic heterocycles. The van der Waals surface area contributed by atoms with Crippen LogP contribution in [-0.2, 0) is 9.53 Å². The number of amides is 2. The Bertz CT molecular complexity index is 630. The molecule has 0 aromatic heterocycles. The molecule has 0 bridgehead atoms. The van der Waals surface area contributed by atoms with Crippen LogP contribution in [0.5, 0.6) is 0 Å². The Morgan fingerprint density at radius 2 is 1.88 bits per heavy atom. The van der Waals surface area contributed by atoms with Crippen molar-refractivity contribution in [1.82, 2.24) is 4.90 Å². The van der Waals surface area contributed by atoms with E-state index in [1.165, 1.54) is 0 Å². The van der Waals surface area contributed by atoms with Crippen molar-refractivity contribution in [2.75, 3.05) is 38.2 Å². The lowest BCUT2D eigenvalue weighted by Crippen LogP contribution is -2.46. The SMILES string of the molecule is CCN(CC)C(=O)c1ccc(NC(=O)C2(CN)CCOCC2)cc1Cl.Cl. The van der Waals surface area contributed by atoms with E-state index < -0.39 is 5.41 Å². The predicted molar refractivity (Wildman–Crippen MR) is 106 cm³/mol. The van der Waals surface area contributed by atoms with Crippen molar-refractivity contribution >= 4 is 41.5 Å². The van der Waals surface area contributed by atoms with Crippen LogP contribution in [0.1, 0.15) is 37.0 Å². The molecular formula is C18H27Cl2N3O3. The van der Waals surface area contributed by atoms with Gasteiger partial charge in [-0.15, -0.1) is 12.4 Å². The van der Waals surface area contributed by atoms with Gasteiger partial charge in [-0.1, -0.05) is 11.6 Å². The van der Waals surface area contributed by atoms with Gasteiger partial charge in [0.1, 0.15) is 0 Å². The minimum Gasteiger partial charge on any atom is -0.381 e. The van der Waals surface area contributed by atoms with Crippen molar-refractivity contribution in [2.45, 2.75) is 26.7 Å². The molecule has 2 rings (SSSR count). The molecule has 0 aliphatic carbocycles. The Hall–Kier alpha value is -1.34. The van der Waals surface area contributed by atoms with Crippen LogP contribution in [-0.4, -0.2) is 49.6 Å². The fourth-order valence-corrected chi connectivity index (χ4v) is 3.26. The van der Waals surface area contributed by atoms with Crippen molar-refractivity contribution in [3.8, 4) is 0 Å². The summed E-state index contributed by atoms with van der Waals surface area (Å²) in [5.41, 5.74) is 6.24. The van der Waals surface area contributed by atoms with E-state index in [4.69, 9.17) is 22.1 Å². The first-order chi connectivity index (χ1) is 12.0. The van der Waals surface area contributed by atoms with Gasteiger partial charge in [0.15, 0.2) is 0 Å². The molecule has 6 nitrogen and oxygen atoms in total. The number of benzene rings is 1. The van der Waals surface area contributed by atoms with E-state index in [2.05, 4.69) is 5.32 Å². The molecule has 1 aromatic rings. The highest BCUT2D eigenvalue weighted by Gasteiger charge is 2.38. The third-order valence-electron chi connectivity index (χ3n) is 4.83. The molecule has 1 heterocycles. The molecule has 1 aliphatic rings. The summed E-state index contributed by atoms with van der Waals surface area (Å²) < 4.78 is 5.33. The van der Waals surface area contributed by atoms with Crippen LogP contribution in [0.15, 0.2) is 18.2 Å². The zero-order valence-corrected chi connectivity index (χ0v) is 16.8. The van der Waals surface area contributed by atoms with Gasteiger partial charge in [0, 0.05) is 38.5 Å². The molecule has 0 atom stereocenters. The van der Waals surface area contributed by atoms with Crippen molar-refractivity contribution in [1.29, 1.82) is 0 Å². The molecule has 0 unspecified atom stereocenters. The van der Waals surface area contributed by atoms with E-state index in [1.54, 1.807) is 23.1 Å². The molecule has 3 N–H and O–H groups in total. The van der Waals surface area contributed by atoms with E-state index in [-0.39, 0.29) is 30.8 Å². The van der Waals surface area contributed by atoms with Crippen molar-refractivity contribution < 1.29 is 14.3 Å². The summed E-state index contributed by atoms with van der Waals surface area (Å²) in [5, 5.41) is 3.21. The quantitative estimate of drug-likeness (QED) is 0.764. The van der Waals surface area contributed by atoms with Gasteiger partial charge >= 0.3 is 0 Å². The van der Waals surface area contributed by atoms with E-state index >= 15 is 0 Å². The zero-order valence-electron chi connectivity index (χ0n) is 15.2. The highest BCUT2D eigenvalue weighted by atomic mass is 35.5. The Morgan fingerprint density at radius 3 is 2.38 bits per heavy atom. The zero-order chi connectivity index (χ0) is 18.4. The van der Waals surface area contributed by atoms with Gasteiger partial charge in [-0.25, -0.2) is 0 Å². The van der Waals surface area contributed by atoms with Crippen LogP contribution in [0, 0.1) is 5.41 Å². The number of nitrogens with zero attached hydrogens (tertiary/aromatic N) is 1. The second kappa shape index (κ2) is 10.1. The Morgan fingerprint density at radius 1 is 1.27 bits per heavy atom. The molecule has 1 fully saturated rings. The maximum atomic E-state index is 12.7. The van der Waals surface area contributed by atoms with Crippen LogP contribution < -0.4 is 11.1 Å². The first kappa shape index (κ1) is 22.7. The molecule has 0 spiro atoms. The molecule has 8 heteroatoms. The van der Waals surface area contributed by atoms with Gasteiger partial charge in [-0.2, -0.15) is 0 Å². The van der Waals surface area contributed by atoms with Gasteiger partial charge < -0.3 is 20.7 Å². The summed E-state index contributed by atoms with van der Waals surface area (Å²) in [4.78, 5) is 26.8. The van der Waals surface area contributed by atoms with Crippen LogP contribution >= 0.6 is 24.0 Å². The second-order valence-electron chi connectivity index (χ2n) is 6.22. The van der Waals surface area contributed by atoms with Crippen LogP contribution in [0.25, 0.3) is 0 Å². The van der Waals surface area contributed by atoms with Gasteiger partial charge in [-0.3, -0.25) is 9.59 Å². The summed E-state index contributed by atoms with van der Waals surface area (Å²) in [7, 11) is 0. The number of ether oxygens (including phenoxy) is 1. The molecule has 2 amide bonds. The maximum Gasteiger partial charge on any atom is 0.255 e. The van der Waals surface area contributed by atoms with Gasteiger partial charge in [-0.05, 0) is 44.9 Å². The van der Waals surface area contributed by atoms with E-state index in [0.717, 1.165) is 0 Å². The van der Waals surface area contributed by atoms with Crippen LogP contribution in [0.2, 0.25) is 5.02 Å². The highest BCUT2D eigenvalue weighted by Crippen LogP contribution is 2.31. The Balaban J connectivity index is 0.00000338. The normalized spacial score (nSPS) is 15.7. The smallest absolute Gasteiger partial charge is 0.255 e. The van der Waals surface area contributed by atoms with Crippen molar-refractivity contribution in [2.24, 2.45) is 11.1 Å². The largest absolute Gasteiger partial charge is 0.381 e. The molecule has 26 heavy (non-hydrogen) atoms. The van der Waals surface area contributed by atoms with Gasteiger partial charge in [0.05, 0.1) is 16.0 Å². The summed E-state index contributed by atoms with van der Waals surface area (Å²) >= 11 is 6.28. The third kappa shape index (κ3) is 4.88. The summed E-state index contributed by atoms with van der Waals surface area (Å²) in [6.45, 7) is 6.41. The van der Waals surface area contributed by atoms with Gasteiger partial charge in [0.2, 0.25) is 5.91 Å². The average molecular weight is 404 g/mol. The average Bonchev–Trinajstić information content (AvgIpc) is 2.63. The molecule has 146 valence electrons. The van der Waals surface area contributed by atoms with E-state index in [1.807, 2.05) is 13.8 Å². The van der Waals surface area contributed by atoms with E-state index in [9.17, 15) is 9.59 Å². The lowest BCUT2D eigenvalue weighted by Gasteiger charge is -2.34. The van der Waals surface area contributed by atoms with Gasteiger partial charge in [0.25, 0.3) is 5.91 Å². The number of halogens is 2. The highest BCUT2D eigenvalue weighted by molar-refractivity contribution is 6.34. The lowest BCUT2D eigenvalue weighted by molar-refractivity contribution is -0.130. The first-order valence-electron chi connectivity index (χ1n) is 8.65. The second-order valence-corrected chi connectivity index (χ2v) is 6.63. The lowest BCUT2D eigenvalue weighted by atomic mass is 9.79. The van der Waals surface area contributed by atoms with Crippen LogP contribution in [0.3, 0.4) is 0 Å². The standard InChI is InChI=1S/C18H26ClN3O3.ClH/c1-3-22(4-2)16(23)14-6-5-13(11-15(14)19)21-17(24)18(12-20)7-9-25-10-8-18;/h5-6,11H,3-4,7-10,12,20H2,1-2H3,(H,21,24);1H.